The summed E-state index contributed by atoms with van der Waals surface area (Å²) in [5, 5.41) is 32.3. The van der Waals surface area contributed by atoms with E-state index in [1.165, 1.54) is 18.6 Å². The number of carboxylic acids is 1. The van der Waals surface area contributed by atoms with Gasteiger partial charge < -0.3 is 14.9 Å². The summed E-state index contributed by atoms with van der Waals surface area (Å²) in [5.41, 5.74) is 0.423. The molecule has 4 aliphatic rings. The Labute approximate surface area is 232 Å². The molecule has 0 amide bonds. The number of hydrogen-bond acceptors (Lipinski definition) is 5. The molecule has 1 aromatic rings. The molecule has 2 unspecified atom stereocenters. The van der Waals surface area contributed by atoms with Crippen LogP contribution in [0, 0.1) is 62.4 Å². The molecule has 4 aliphatic carbocycles. The van der Waals surface area contributed by atoms with E-state index < -0.39 is 5.97 Å². The number of nitrogens with zero attached hydrogens (tertiary/aromatic N) is 1. The van der Waals surface area contributed by atoms with E-state index in [2.05, 4.69) is 27.7 Å². The maximum absolute atomic E-state index is 12.1. The summed E-state index contributed by atoms with van der Waals surface area (Å²) in [6, 6.07) is 6.40. The van der Waals surface area contributed by atoms with Crippen LogP contribution in [0.2, 0.25) is 0 Å². The van der Waals surface area contributed by atoms with Crippen molar-refractivity contribution in [3.05, 3.63) is 34.4 Å². The van der Waals surface area contributed by atoms with E-state index in [4.69, 9.17) is 4.74 Å². The highest BCUT2D eigenvalue weighted by molar-refractivity contribution is 5.66. The largest absolute Gasteiger partial charge is 0.490 e. The molecule has 0 radical (unpaired) electrons. The molecule has 216 valence electrons. The number of non-ortho nitro benzene ring substituents is 1. The first kappa shape index (κ1) is 28.4. The van der Waals surface area contributed by atoms with Gasteiger partial charge in [-0.25, -0.2) is 0 Å². The zero-order valence-electron chi connectivity index (χ0n) is 24.1. The fraction of sp³-hybridized carbons (Fsp3) is 0.781. The smallest absolute Gasteiger partial charge is 0.303 e. The van der Waals surface area contributed by atoms with Crippen molar-refractivity contribution < 1.29 is 24.7 Å². The Morgan fingerprint density at radius 2 is 1.74 bits per heavy atom. The Kier molecular flexibility index (Phi) is 7.77. The summed E-state index contributed by atoms with van der Waals surface area (Å²) in [6.07, 6.45) is 9.29. The van der Waals surface area contributed by atoms with Crippen LogP contribution in [0.3, 0.4) is 0 Å². The number of nitro groups is 1. The Hall–Kier alpha value is -2.15. The second-order valence-corrected chi connectivity index (χ2v) is 13.9. The highest BCUT2D eigenvalue weighted by Crippen LogP contribution is 2.69. The predicted molar refractivity (Wildman–Crippen MR) is 149 cm³/mol. The molecule has 39 heavy (non-hydrogen) atoms. The highest BCUT2D eigenvalue weighted by Gasteiger charge is 2.65. The summed E-state index contributed by atoms with van der Waals surface area (Å²) < 4.78 is 6.37. The zero-order chi connectivity index (χ0) is 28.1. The fourth-order valence-corrected chi connectivity index (χ4v) is 10.4. The number of nitro benzene ring substituents is 1. The molecule has 5 rings (SSSR count). The average Bonchev–Trinajstić information content (AvgIpc) is 3.26. The molecule has 0 heterocycles. The molecule has 11 atom stereocenters. The third kappa shape index (κ3) is 4.87. The second kappa shape index (κ2) is 10.7. The van der Waals surface area contributed by atoms with Crippen molar-refractivity contribution in [2.24, 2.45) is 52.3 Å². The van der Waals surface area contributed by atoms with Gasteiger partial charge in [0.1, 0.15) is 5.75 Å². The van der Waals surface area contributed by atoms with Crippen LogP contribution in [0.15, 0.2) is 24.3 Å². The molecule has 7 heteroatoms. The van der Waals surface area contributed by atoms with Gasteiger partial charge in [-0.1, -0.05) is 34.1 Å². The van der Waals surface area contributed by atoms with Crippen LogP contribution in [-0.4, -0.2) is 33.3 Å². The van der Waals surface area contributed by atoms with Gasteiger partial charge in [0, 0.05) is 18.6 Å². The number of carboxylic acid groups (broad SMARTS) is 1. The van der Waals surface area contributed by atoms with Gasteiger partial charge >= 0.3 is 5.97 Å². The molecule has 4 saturated carbocycles. The van der Waals surface area contributed by atoms with Crippen LogP contribution in [0.1, 0.15) is 91.9 Å². The molecule has 0 aromatic heterocycles. The minimum atomic E-state index is -0.703. The molecule has 4 fully saturated rings. The van der Waals surface area contributed by atoms with Gasteiger partial charge in [0.05, 0.1) is 17.1 Å². The van der Waals surface area contributed by atoms with Gasteiger partial charge in [-0.3, -0.25) is 14.9 Å². The lowest BCUT2D eigenvalue weighted by Crippen LogP contribution is -2.62. The lowest BCUT2D eigenvalue weighted by atomic mass is 9.41. The molecule has 2 N–H and O–H groups in total. The molecule has 7 nitrogen and oxygen atoms in total. The zero-order valence-corrected chi connectivity index (χ0v) is 24.1. The lowest BCUT2D eigenvalue weighted by molar-refractivity contribution is -0.384. The Bertz CT molecular complexity index is 1060. The van der Waals surface area contributed by atoms with Crippen molar-refractivity contribution in [1.82, 2.24) is 0 Å². The van der Waals surface area contributed by atoms with Crippen molar-refractivity contribution >= 4 is 11.7 Å². The number of fused-ring (bicyclic) bond motifs is 5. The first-order chi connectivity index (χ1) is 18.5. The molecular formula is C32H47NO6. The monoisotopic (exact) mass is 541 g/mol. The number of aliphatic carboxylic acids is 1. The Morgan fingerprint density at radius 3 is 2.38 bits per heavy atom. The standard InChI is InChI=1S/C32H47NO6/c1-5-23-27-18-22(39-21-9-7-20(8-10-21)33(37)38)14-16-32(27,4)26-15-17-31(3)24(19(2)6-13-28(34)35)11-12-25(31)29(26)30(23)36/h7-10,19,22-27,29-30,36H,5-6,11-18H2,1-4H3,(H,34,35)/t19-,22-,23+,24-,25-,26?,27+,29?,30+,31-,32-/m1/s1. The van der Waals surface area contributed by atoms with E-state index in [1.54, 1.807) is 12.1 Å². The highest BCUT2D eigenvalue weighted by atomic mass is 16.6. The maximum atomic E-state index is 12.1. The van der Waals surface area contributed by atoms with Gasteiger partial charge in [-0.2, -0.15) is 0 Å². The van der Waals surface area contributed by atoms with E-state index in [0.29, 0.717) is 41.3 Å². The van der Waals surface area contributed by atoms with Gasteiger partial charge in [0.2, 0.25) is 0 Å². The summed E-state index contributed by atoms with van der Waals surface area (Å²) >= 11 is 0. The first-order valence-electron chi connectivity index (χ1n) is 15.3. The molecule has 0 bridgehead atoms. The Balaban J connectivity index is 1.34. The quantitative estimate of drug-likeness (QED) is 0.268. The summed E-state index contributed by atoms with van der Waals surface area (Å²) in [4.78, 5) is 21.9. The minimum absolute atomic E-state index is 0.0575. The molecule has 0 saturated heterocycles. The van der Waals surface area contributed by atoms with Crippen molar-refractivity contribution in [3.63, 3.8) is 0 Å². The van der Waals surface area contributed by atoms with Crippen LogP contribution < -0.4 is 4.74 Å². The number of aliphatic hydroxyl groups excluding tert-OH is 1. The van der Waals surface area contributed by atoms with E-state index >= 15 is 0 Å². The molecular weight excluding hydrogens is 494 g/mol. The van der Waals surface area contributed by atoms with E-state index in [1.807, 2.05) is 0 Å². The van der Waals surface area contributed by atoms with Crippen molar-refractivity contribution in [1.29, 1.82) is 0 Å². The van der Waals surface area contributed by atoms with Crippen LogP contribution >= 0.6 is 0 Å². The maximum Gasteiger partial charge on any atom is 0.303 e. The third-order valence-electron chi connectivity index (χ3n) is 12.3. The first-order valence-corrected chi connectivity index (χ1v) is 15.3. The summed E-state index contributed by atoms with van der Waals surface area (Å²) in [6.45, 7) is 9.43. The van der Waals surface area contributed by atoms with E-state index in [0.717, 1.165) is 51.4 Å². The van der Waals surface area contributed by atoms with Gasteiger partial charge in [0.15, 0.2) is 0 Å². The van der Waals surface area contributed by atoms with Crippen molar-refractivity contribution in [2.75, 3.05) is 0 Å². The number of rotatable bonds is 8. The SMILES string of the molecule is CC[C@@H]1[C@H](O)C2C(CC[C@@]3(C)[C@@H]2CC[C@@H]3[C@H](C)CCC(=O)O)[C@@]2(C)CC[C@@H](Oc3ccc([N+](=O)[O-])cc3)C[C@@H]12. The number of hydrogen-bond donors (Lipinski definition) is 2. The fourth-order valence-electron chi connectivity index (χ4n) is 10.4. The predicted octanol–water partition coefficient (Wildman–Crippen LogP) is 7.11. The topological polar surface area (TPSA) is 110 Å². The number of carbonyl (C=O) groups is 1. The molecule has 0 aliphatic heterocycles. The number of ether oxygens (including phenoxy) is 1. The summed E-state index contributed by atoms with van der Waals surface area (Å²) in [7, 11) is 0. The van der Waals surface area contributed by atoms with Crippen LogP contribution in [0.5, 0.6) is 5.75 Å². The molecule has 0 spiro atoms. The number of aliphatic hydroxyl groups is 1. The number of benzene rings is 1. The van der Waals surface area contributed by atoms with E-state index in [-0.39, 0.29) is 46.0 Å². The lowest BCUT2D eigenvalue weighted by Gasteiger charge is -2.65. The Morgan fingerprint density at radius 1 is 1.08 bits per heavy atom. The van der Waals surface area contributed by atoms with E-state index in [9.17, 15) is 25.1 Å². The average molecular weight is 542 g/mol. The van der Waals surface area contributed by atoms with Gasteiger partial charge in [0.25, 0.3) is 5.69 Å². The van der Waals surface area contributed by atoms with Crippen molar-refractivity contribution in [3.8, 4) is 5.75 Å². The van der Waals surface area contributed by atoms with Crippen molar-refractivity contribution in [2.45, 2.75) is 104 Å². The van der Waals surface area contributed by atoms with Crippen LogP contribution in [0.25, 0.3) is 0 Å². The normalized spacial score (nSPS) is 42.1. The minimum Gasteiger partial charge on any atom is -0.490 e. The van der Waals surface area contributed by atoms with Gasteiger partial charge in [-0.05, 0) is 116 Å². The second-order valence-electron chi connectivity index (χ2n) is 13.9. The van der Waals surface area contributed by atoms with Crippen LogP contribution in [-0.2, 0) is 4.79 Å². The third-order valence-corrected chi connectivity index (χ3v) is 12.3. The molecule has 1 aromatic carbocycles. The summed E-state index contributed by atoms with van der Waals surface area (Å²) in [5.74, 6) is 2.87. The van der Waals surface area contributed by atoms with Crippen LogP contribution in [0.4, 0.5) is 5.69 Å². The van der Waals surface area contributed by atoms with Gasteiger partial charge in [-0.15, -0.1) is 0 Å².